The van der Waals surface area contributed by atoms with Crippen molar-refractivity contribution >= 4 is 67.0 Å². The van der Waals surface area contributed by atoms with E-state index in [1.54, 1.807) is 24.3 Å². The number of nitrogens with zero attached hydrogens (tertiary/aromatic N) is 4. The molecular weight excluding hydrogens is 708 g/mol. The minimum Gasteiger partial charge on any atom is -0.263 e. The fourth-order valence-corrected chi connectivity index (χ4v) is 5.74. The first kappa shape index (κ1) is 26.7. The Morgan fingerprint density at radius 3 is 1.79 bits per heavy atom. The van der Waals surface area contributed by atoms with Gasteiger partial charge in [0.1, 0.15) is 19.0 Å². The highest BCUT2D eigenvalue weighted by Crippen LogP contribution is 2.23. The van der Waals surface area contributed by atoms with Gasteiger partial charge in [-0.1, -0.05) is 60.7 Å². The van der Waals surface area contributed by atoms with Crippen molar-refractivity contribution in [1.82, 2.24) is 19.6 Å². The standard InChI is InChI=1S/2C15H12FIN2/c16-12-6-7-14-13(10-12)15(17)18-19(14)9-8-11-4-2-1-3-5-11;16-12-6-7-14-13(10-12)15(17)19(18-14)9-8-11-4-2-1-3-5-11/h2*1-7,10H,8-9H2. The Bertz CT molecular complexity index is 1660. The second-order valence-electron chi connectivity index (χ2n) is 8.82. The number of benzene rings is 4. The van der Waals surface area contributed by atoms with E-state index in [2.05, 4.69) is 79.6 Å². The van der Waals surface area contributed by atoms with Crippen LogP contribution in [0.15, 0.2) is 97.1 Å². The molecular formula is C30H24F2I2N4. The van der Waals surface area contributed by atoms with Crippen molar-refractivity contribution in [2.75, 3.05) is 0 Å². The molecule has 0 saturated carbocycles. The number of hydrogen-bond acceptors (Lipinski definition) is 2. The minimum atomic E-state index is -0.215. The van der Waals surface area contributed by atoms with Crippen LogP contribution in [0.4, 0.5) is 8.78 Å². The Kier molecular flexibility index (Phi) is 8.68. The number of aryl methyl sites for hydroxylation is 4. The van der Waals surface area contributed by atoms with E-state index in [-0.39, 0.29) is 11.6 Å². The fraction of sp³-hybridized carbons (Fsp3) is 0.133. The summed E-state index contributed by atoms with van der Waals surface area (Å²) in [5.74, 6) is -0.430. The number of rotatable bonds is 6. The summed E-state index contributed by atoms with van der Waals surface area (Å²) in [7, 11) is 0. The second-order valence-corrected chi connectivity index (χ2v) is 10.9. The molecule has 0 radical (unpaired) electrons. The van der Waals surface area contributed by atoms with Crippen molar-refractivity contribution in [2.24, 2.45) is 0 Å². The maximum Gasteiger partial charge on any atom is 0.131 e. The van der Waals surface area contributed by atoms with Crippen LogP contribution in [-0.2, 0) is 25.9 Å². The van der Waals surface area contributed by atoms with E-state index in [4.69, 9.17) is 0 Å². The van der Waals surface area contributed by atoms with Gasteiger partial charge in [-0.3, -0.25) is 9.36 Å². The first-order valence-electron chi connectivity index (χ1n) is 12.2. The van der Waals surface area contributed by atoms with Crippen molar-refractivity contribution in [3.05, 3.63) is 127 Å². The molecule has 0 spiro atoms. The molecule has 0 fully saturated rings. The molecule has 8 heteroatoms. The summed E-state index contributed by atoms with van der Waals surface area (Å²) in [5.41, 5.74) is 4.40. The molecule has 0 bridgehead atoms. The molecule has 0 amide bonds. The van der Waals surface area contributed by atoms with Gasteiger partial charge < -0.3 is 0 Å². The van der Waals surface area contributed by atoms with Gasteiger partial charge in [-0.15, -0.1) is 0 Å². The molecule has 0 saturated heterocycles. The lowest BCUT2D eigenvalue weighted by molar-refractivity contribution is 0.607. The summed E-state index contributed by atoms with van der Waals surface area (Å²) in [6.07, 6.45) is 1.85. The van der Waals surface area contributed by atoms with Gasteiger partial charge in [-0.25, -0.2) is 8.78 Å². The largest absolute Gasteiger partial charge is 0.263 e. The third kappa shape index (κ3) is 6.40. The smallest absolute Gasteiger partial charge is 0.131 e. The fourth-order valence-electron chi connectivity index (χ4n) is 4.26. The lowest BCUT2D eigenvalue weighted by atomic mass is 10.1. The second kappa shape index (κ2) is 12.3. The highest BCUT2D eigenvalue weighted by Gasteiger charge is 2.10. The minimum absolute atomic E-state index is 0.215. The van der Waals surface area contributed by atoms with Crippen LogP contribution in [0.2, 0.25) is 0 Å². The molecule has 38 heavy (non-hydrogen) atoms. The van der Waals surface area contributed by atoms with Crippen molar-refractivity contribution in [1.29, 1.82) is 0 Å². The van der Waals surface area contributed by atoms with Crippen LogP contribution in [0.25, 0.3) is 21.8 Å². The van der Waals surface area contributed by atoms with Crippen LogP contribution in [-0.4, -0.2) is 19.6 Å². The molecule has 2 heterocycles. The maximum atomic E-state index is 13.2. The summed E-state index contributed by atoms with van der Waals surface area (Å²) >= 11 is 4.38. The van der Waals surface area contributed by atoms with Gasteiger partial charge in [-0.2, -0.15) is 10.2 Å². The van der Waals surface area contributed by atoms with E-state index in [0.717, 1.165) is 55.1 Å². The molecule has 4 nitrogen and oxygen atoms in total. The van der Waals surface area contributed by atoms with Crippen molar-refractivity contribution < 1.29 is 8.78 Å². The zero-order chi connectivity index (χ0) is 26.5. The van der Waals surface area contributed by atoms with Crippen molar-refractivity contribution in [2.45, 2.75) is 25.9 Å². The summed E-state index contributed by atoms with van der Waals surface area (Å²) in [6, 6.07) is 30.2. The molecule has 0 N–H and O–H groups in total. The molecule has 6 rings (SSSR count). The summed E-state index contributed by atoms with van der Waals surface area (Å²) in [6.45, 7) is 1.60. The van der Waals surface area contributed by atoms with E-state index >= 15 is 0 Å². The van der Waals surface area contributed by atoms with Crippen LogP contribution in [0, 0.1) is 19.0 Å². The van der Waals surface area contributed by atoms with Gasteiger partial charge in [0.15, 0.2) is 0 Å². The quantitative estimate of drug-likeness (QED) is 0.163. The number of halogens is 4. The Morgan fingerprint density at radius 2 is 1.16 bits per heavy atom. The van der Waals surface area contributed by atoms with E-state index < -0.39 is 0 Å². The molecule has 0 aliphatic rings. The van der Waals surface area contributed by atoms with E-state index in [0.29, 0.717) is 0 Å². The third-order valence-electron chi connectivity index (χ3n) is 6.21. The van der Waals surface area contributed by atoms with Crippen molar-refractivity contribution in [3.63, 3.8) is 0 Å². The van der Waals surface area contributed by atoms with Gasteiger partial charge in [0, 0.05) is 23.9 Å². The highest BCUT2D eigenvalue weighted by atomic mass is 127. The van der Waals surface area contributed by atoms with Gasteiger partial charge in [0.25, 0.3) is 0 Å². The zero-order valence-electron chi connectivity index (χ0n) is 20.4. The van der Waals surface area contributed by atoms with Crippen LogP contribution >= 0.6 is 45.2 Å². The Morgan fingerprint density at radius 1 is 0.605 bits per heavy atom. The van der Waals surface area contributed by atoms with Crippen LogP contribution in [0.5, 0.6) is 0 Å². The topological polar surface area (TPSA) is 35.6 Å². The van der Waals surface area contributed by atoms with Gasteiger partial charge in [0.2, 0.25) is 0 Å². The van der Waals surface area contributed by atoms with Gasteiger partial charge in [-0.05, 0) is 106 Å². The molecule has 6 aromatic rings. The van der Waals surface area contributed by atoms with Gasteiger partial charge in [0.05, 0.1) is 11.0 Å². The number of aromatic nitrogens is 4. The van der Waals surface area contributed by atoms with Gasteiger partial charge >= 0.3 is 0 Å². The van der Waals surface area contributed by atoms with Crippen LogP contribution < -0.4 is 0 Å². The first-order chi connectivity index (χ1) is 18.5. The number of fused-ring (bicyclic) bond motifs is 2. The molecule has 0 unspecified atom stereocenters. The SMILES string of the molecule is Fc1ccc2c(c1)c(I)nn2CCc1ccccc1.Fc1ccc2nn(CCc3ccccc3)c(I)c2c1. The molecule has 0 aliphatic heterocycles. The first-order valence-corrected chi connectivity index (χ1v) is 14.3. The van der Waals surface area contributed by atoms with E-state index in [9.17, 15) is 8.78 Å². The average molecular weight is 732 g/mol. The highest BCUT2D eigenvalue weighted by molar-refractivity contribution is 14.1. The molecule has 4 aromatic carbocycles. The van der Waals surface area contributed by atoms with Crippen LogP contribution in [0.3, 0.4) is 0 Å². The molecule has 2 aromatic heterocycles. The summed E-state index contributed by atoms with van der Waals surface area (Å²) < 4.78 is 32.2. The van der Waals surface area contributed by atoms with E-state index in [1.165, 1.54) is 23.3 Å². The summed E-state index contributed by atoms with van der Waals surface area (Å²) in [5, 5.41) is 10.8. The van der Waals surface area contributed by atoms with Crippen molar-refractivity contribution in [3.8, 4) is 0 Å². The number of hydrogen-bond donors (Lipinski definition) is 0. The third-order valence-corrected chi connectivity index (χ3v) is 8.15. The monoisotopic (exact) mass is 732 g/mol. The molecule has 192 valence electrons. The van der Waals surface area contributed by atoms with E-state index in [1.807, 2.05) is 45.8 Å². The lowest BCUT2D eigenvalue weighted by Crippen LogP contribution is -2.04. The maximum absolute atomic E-state index is 13.2. The molecule has 0 aliphatic carbocycles. The van der Waals surface area contributed by atoms with Crippen LogP contribution in [0.1, 0.15) is 11.1 Å². The normalized spacial score (nSPS) is 11.1. The summed E-state index contributed by atoms with van der Waals surface area (Å²) in [4.78, 5) is 0. The molecule has 0 atom stereocenters. The Labute approximate surface area is 247 Å². The Hall–Kier alpha value is -2.86. The average Bonchev–Trinajstić information content (AvgIpc) is 3.43. The lowest BCUT2D eigenvalue weighted by Gasteiger charge is -2.03. The Balaban J connectivity index is 0.000000155. The zero-order valence-corrected chi connectivity index (χ0v) is 24.7. The predicted octanol–water partition coefficient (Wildman–Crippen LogP) is 8.05. The predicted molar refractivity (Wildman–Crippen MR) is 165 cm³/mol.